The standard InChI is InChI=1S/C27H32FNO5/c1-15-14-20-24(25(30)21(15)26(31)33-3)23(17-10-12-18(28)13-11-17)22(16(2)29-20)27(32)34-19-8-6-4-5-7-9-19/h10-13,15,19,21,23,29H,4-9,14H2,1-3H3/t15-,21-,23+/m0/s1. The Bertz CT molecular complexity index is 1030. The van der Waals surface area contributed by atoms with Gasteiger partial charge in [0.15, 0.2) is 5.78 Å². The number of rotatable bonds is 4. The Hall–Kier alpha value is -2.96. The van der Waals surface area contributed by atoms with Gasteiger partial charge in [-0.25, -0.2) is 9.18 Å². The first-order valence-corrected chi connectivity index (χ1v) is 12.1. The Kier molecular flexibility index (Phi) is 7.19. The number of ketones is 1. The maximum Gasteiger partial charge on any atom is 0.337 e. The van der Waals surface area contributed by atoms with Crippen LogP contribution in [0.15, 0.2) is 46.8 Å². The number of hydrogen-bond acceptors (Lipinski definition) is 6. The minimum absolute atomic E-state index is 0.163. The summed E-state index contributed by atoms with van der Waals surface area (Å²) in [6.07, 6.45) is 6.24. The molecule has 6 nitrogen and oxygen atoms in total. The molecule has 2 aliphatic carbocycles. The van der Waals surface area contributed by atoms with Gasteiger partial charge in [0.25, 0.3) is 0 Å². The number of allylic oxidation sites excluding steroid dienone is 3. The van der Waals surface area contributed by atoms with Gasteiger partial charge in [-0.2, -0.15) is 0 Å². The van der Waals surface area contributed by atoms with Crippen LogP contribution < -0.4 is 5.32 Å². The van der Waals surface area contributed by atoms with E-state index in [1.165, 1.54) is 19.2 Å². The zero-order valence-electron chi connectivity index (χ0n) is 20.0. The van der Waals surface area contributed by atoms with Gasteiger partial charge in [-0.1, -0.05) is 31.9 Å². The SMILES string of the molecule is COC(=O)[C@@H]1C(=O)C2=C(C[C@@H]1C)NC(C)=C(C(=O)OC1CCCCCC1)[C@H]2c1ccc(F)cc1. The minimum atomic E-state index is -0.953. The minimum Gasteiger partial charge on any atom is -0.468 e. The number of carbonyl (C=O) groups is 3. The molecule has 0 saturated heterocycles. The van der Waals surface area contributed by atoms with E-state index in [2.05, 4.69) is 5.32 Å². The van der Waals surface area contributed by atoms with Gasteiger partial charge in [0.1, 0.15) is 17.8 Å². The van der Waals surface area contributed by atoms with Gasteiger partial charge < -0.3 is 14.8 Å². The van der Waals surface area contributed by atoms with E-state index in [-0.39, 0.29) is 17.8 Å². The third-order valence-electron chi connectivity index (χ3n) is 7.24. The van der Waals surface area contributed by atoms with E-state index in [1.54, 1.807) is 19.1 Å². The molecule has 1 aromatic carbocycles. The highest BCUT2D eigenvalue weighted by molar-refractivity contribution is 6.12. The first-order valence-electron chi connectivity index (χ1n) is 12.1. The van der Waals surface area contributed by atoms with E-state index in [9.17, 15) is 18.8 Å². The van der Waals surface area contributed by atoms with Crippen molar-refractivity contribution in [2.75, 3.05) is 7.11 Å². The van der Waals surface area contributed by atoms with Crippen molar-refractivity contribution < 1.29 is 28.2 Å². The number of methoxy groups -OCH3 is 1. The summed E-state index contributed by atoms with van der Waals surface area (Å²) in [5.74, 6) is -3.80. The fraction of sp³-hybridized carbons (Fsp3) is 0.519. The van der Waals surface area contributed by atoms with E-state index in [0.29, 0.717) is 34.5 Å². The molecule has 3 atom stereocenters. The lowest BCUT2D eigenvalue weighted by Crippen LogP contribution is -2.43. The molecule has 1 aliphatic heterocycles. The molecule has 0 unspecified atom stereocenters. The predicted molar refractivity (Wildman–Crippen MR) is 124 cm³/mol. The molecule has 1 fully saturated rings. The predicted octanol–water partition coefficient (Wildman–Crippen LogP) is 4.70. The van der Waals surface area contributed by atoms with Gasteiger partial charge in [-0.05, 0) is 62.6 Å². The van der Waals surface area contributed by atoms with Crippen LogP contribution in [0, 0.1) is 17.7 Å². The van der Waals surface area contributed by atoms with Gasteiger partial charge in [-0.3, -0.25) is 9.59 Å². The summed E-state index contributed by atoms with van der Waals surface area (Å²) in [5, 5.41) is 3.26. The highest BCUT2D eigenvalue weighted by atomic mass is 19.1. The van der Waals surface area contributed by atoms with Gasteiger partial charge in [0.05, 0.1) is 12.7 Å². The molecular weight excluding hydrogens is 437 g/mol. The Morgan fingerprint density at radius 3 is 2.32 bits per heavy atom. The molecule has 1 N–H and O–H groups in total. The lowest BCUT2D eigenvalue weighted by molar-refractivity contribution is -0.151. The maximum absolute atomic E-state index is 13.8. The first-order chi connectivity index (χ1) is 16.3. The lowest BCUT2D eigenvalue weighted by Gasteiger charge is -2.38. The average Bonchev–Trinajstić information content (AvgIpc) is 3.07. The van der Waals surface area contributed by atoms with E-state index in [4.69, 9.17) is 9.47 Å². The van der Waals surface area contributed by atoms with Crippen molar-refractivity contribution in [3.8, 4) is 0 Å². The second-order valence-electron chi connectivity index (χ2n) is 9.61. The Balaban J connectivity index is 1.76. The number of nitrogens with one attached hydrogen (secondary N) is 1. The summed E-state index contributed by atoms with van der Waals surface area (Å²) < 4.78 is 24.6. The van der Waals surface area contributed by atoms with E-state index >= 15 is 0 Å². The molecule has 0 amide bonds. The fourth-order valence-electron chi connectivity index (χ4n) is 5.51. The summed E-state index contributed by atoms with van der Waals surface area (Å²) in [7, 11) is 1.27. The molecule has 0 spiro atoms. The van der Waals surface area contributed by atoms with Crippen LogP contribution >= 0.6 is 0 Å². The first kappa shape index (κ1) is 24.2. The summed E-state index contributed by atoms with van der Waals surface area (Å²) >= 11 is 0. The number of esters is 2. The topological polar surface area (TPSA) is 81.7 Å². The van der Waals surface area contributed by atoms with Crippen molar-refractivity contribution in [3.05, 3.63) is 58.2 Å². The summed E-state index contributed by atoms with van der Waals surface area (Å²) in [5.41, 5.74) is 2.60. The average molecular weight is 470 g/mol. The normalized spacial score (nSPS) is 25.9. The molecule has 34 heavy (non-hydrogen) atoms. The molecule has 0 radical (unpaired) electrons. The van der Waals surface area contributed by atoms with Crippen molar-refractivity contribution in [1.82, 2.24) is 5.32 Å². The van der Waals surface area contributed by atoms with E-state index in [1.807, 2.05) is 6.92 Å². The number of benzene rings is 1. The van der Waals surface area contributed by atoms with Crippen LogP contribution in [0.25, 0.3) is 0 Å². The van der Waals surface area contributed by atoms with Crippen LogP contribution in [0.5, 0.6) is 0 Å². The highest BCUT2D eigenvalue weighted by Gasteiger charge is 2.47. The molecule has 182 valence electrons. The van der Waals surface area contributed by atoms with Crippen molar-refractivity contribution >= 4 is 17.7 Å². The molecule has 7 heteroatoms. The molecular formula is C27H32FNO5. The zero-order chi connectivity index (χ0) is 24.4. The highest BCUT2D eigenvalue weighted by Crippen LogP contribution is 2.45. The number of ether oxygens (including phenoxy) is 2. The maximum atomic E-state index is 13.8. The third kappa shape index (κ3) is 4.65. The second kappa shape index (κ2) is 10.1. The van der Waals surface area contributed by atoms with Gasteiger partial charge >= 0.3 is 11.9 Å². The lowest BCUT2D eigenvalue weighted by atomic mass is 9.69. The van der Waals surface area contributed by atoms with Crippen LogP contribution in [0.2, 0.25) is 0 Å². The van der Waals surface area contributed by atoms with Crippen molar-refractivity contribution in [1.29, 1.82) is 0 Å². The number of carbonyl (C=O) groups excluding carboxylic acids is 3. The van der Waals surface area contributed by atoms with Crippen LogP contribution in [0.1, 0.15) is 70.3 Å². The van der Waals surface area contributed by atoms with Gasteiger partial charge in [0, 0.05) is 22.9 Å². The second-order valence-corrected chi connectivity index (χ2v) is 9.61. The van der Waals surface area contributed by atoms with Crippen LogP contribution in [-0.4, -0.2) is 30.9 Å². The van der Waals surface area contributed by atoms with Crippen LogP contribution in [0.4, 0.5) is 4.39 Å². The molecule has 3 aliphatic rings. The summed E-state index contributed by atoms with van der Waals surface area (Å²) in [6.45, 7) is 3.64. The number of hydrogen-bond donors (Lipinski definition) is 1. The Labute approximate surface area is 199 Å². The van der Waals surface area contributed by atoms with Crippen molar-refractivity contribution in [2.24, 2.45) is 11.8 Å². The van der Waals surface area contributed by atoms with E-state index < -0.39 is 29.6 Å². The monoisotopic (exact) mass is 469 g/mol. The summed E-state index contributed by atoms with van der Waals surface area (Å²) in [6, 6.07) is 5.80. The Morgan fingerprint density at radius 2 is 1.71 bits per heavy atom. The number of halogens is 1. The molecule has 0 aromatic heterocycles. The quantitative estimate of drug-likeness (QED) is 0.391. The number of dihydropyridines is 1. The van der Waals surface area contributed by atoms with Crippen LogP contribution in [0.3, 0.4) is 0 Å². The van der Waals surface area contributed by atoms with E-state index in [0.717, 1.165) is 38.5 Å². The largest absolute Gasteiger partial charge is 0.468 e. The molecule has 1 heterocycles. The zero-order valence-corrected chi connectivity index (χ0v) is 20.0. The third-order valence-corrected chi connectivity index (χ3v) is 7.24. The van der Waals surface area contributed by atoms with Gasteiger partial charge in [0.2, 0.25) is 0 Å². The van der Waals surface area contributed by atoms with Gasteiger partial charge in [-0.15, -0.1) is 0 Å². The molecule has 0 bridgehead atoms. The fourth-order valence-corrected chi connectivity index (χ4v) is 5.51. The van der Waals surface area contributed by atoms with Crippen molar-refractivity contribution in [3.63, 3.8) is 0 Å². The van der Waals surface area contributed by atoms with Crippen LogP contribution in [-0.2, 0) is 23.9 Å². The van der Waals surface area contributed by atoms with Crippen molar-refractivity contribution in [2.45, 2.75) is 70.8 Å². The summed E-state index contributed by atoms with van der Waals surface area (Å²) in [4.78, 5) is 39.7. The number of Topliss-reactive ketones (excluding diaryl/α,β-unsaturated/α-hetero) is 1. The molecule has 1 aromatic rings. The molecule has 4 rings (SSSR count). The molecule has 1 saturated carbocycles. The Morgan fingerprint density at radius 1 is 1.06 bits per heavy atom. The smallest absolute Gasteiger partial charge is 0.337 e.